The Labute approximate surface area is 242 Å². The van der Waals surface area contributed by atoms with Crippen LogP contribution in [0.2, 0.25) is 0 Å². The molecule has 0 fully saturated rings. The van der Waals surface area contributed by atoms with Crippen molar-refractivity contribution in [2.75, 3.05) is 23.7 Å². The summed E-state index contributed by atoms with van der Waals surface area (Å²) >= 11 is 3.42. The summed E-state index contributed by atoms with van der Waals surface area (Å²) in [5.74, 6) is -3.32. The van der Waals surface area contributed by atoms with Crippen LogP contribution in [0.1, 0.15) is 25.0 Å². The van der Waals surface area contributed by atoms with E-state index >= 15 is 0 Å². The van der Waals surface area contributed by atoms with E-state index in [0.29, 0.717) is 16.4 Å². The first-order chi connectivity index (χ1) is 18.8. The van der Waals surface area contributed by atoms with E-state index < -0.39 is 40.2 Å². The first kappa shape index (κ1) is 31.2. The van der Waals surface area contributed by atoms with Gasteiger partial charge in [-0.3, -0.25) is 13.9 Å². The molecular formula is C29H32BrF2N3O4S. The standard InChI is InChI=1S/C29H32BrF2N3O4S/c1-20(2)17-33-29(37)27(15-21-8-5-4-6-9-21)34(18-22-10-7-11-23(30)14-22)28(36)19-35(40(3,38)39)24-12-13-25(31)26(32)16-24/h4-14,16,20,27H,15,17-19H2,1-3H3,(H,33,37)/t27-/m1/s1. The number of nitrogens with zero attached hydrogens (tertiary/aromatic N) is 2. The summed E-state index contributed by atoms with van der Waals surface area (Å²) in [5.41, 5.74) is 1.30. The highest BCUT2D eigenvalue weighted by Gasteiger charge is 2.33. The van der Waals surface area contributed by atoms with Crippen molar-refractivity contribution in [3.63, 3.8) is 0 Å². The van der Waals surface area contributed by atoms with Gasteiger partial charge in [-0.1, -0.05) is 72.2 Å². The minimum Gasteiger partial charge on any atom is -0.354 e. The molecule has 214 valence electrons. The maximum atomic E-state index is 14.0. The fourth-order valence-electron chi connectivity index (χ4n) is 4.06. The Morgan fingerprint density at radius 2 is 1.60 bits per heavy atom. The van der Waals surface area contributed by atoms with Gasteiger partial charge >= 0.3 is 0 Å². The lowest BCUT2D eigenvalue weighted by Gasteiger charge is -2.33. The minimum absolute atomic E-state index is 0.000251. The Kier molecular flexibility index (Phi) is 10.8. The maximum absolute atomic E-state index is 14.0. The number of carbonyl (C=O) groups excluding carboxylic acids is 2. The Morgan fingerprint density at radius 1 is 0.925 bits per heavy atom. The lowest BCUT2D eigenvalue weighted by Crippen LogP contribution is -2.53. The zero-order valence-corrected chi connectivity index (χ0v) is 24.9. The monoisotopic (exact) mass is 635 g/mol. The molecule has 0 saturated heterocycles. The first-order valence-corrected chi connectivity index (χ1v) is 15.3. The van der Waals surface area contributed by atoms with Gasteiger partial charge in [-0.05, 0) is 41.3 Å². The molecular weight excluding hydrogens is 604 g/mol. The molecule has 0 aliphatic carbocycles. The van der Waals surface area contributed by atoms with Gasteiger partial charge in [-0.25, -0.2) is 17.2 Å². The highest BCUT2D eigenvalue weighted by atomic mass is 79.9. The molecule has 3 aromatic rings. The van der Waals surface area contributed by atoms with Gasteiger partial charge in [0.2, 0.25) is 21.8 Å². The van der Waals surface area contributed by atoms with Gasteiger partial charge in [0.15, 0.2) is 11.6 Å². The van der Waals surface area contributed by atoms with Gasteiger partial charge in [0.05, 0.1) is 11.9 Å². The van der Waals surface area contributed by atoms with Gasteiger partial charge in [0.25, 0.3) is 0 Å². The topological polar surface area (TPSA) is 86.8 Å². The van der Waals surface area contributed by atoms with Crippen LogP contribution in [0.25, 0.3) is 0 Å². The van der Waals surface area contributed by atoms with E-state index in [-0.39, 0.29) is 30.5 Å². The average Bonchev–Trinajstić information content (AvgIpc) is 2.89. The molecule has 0 radical (unpaired) electrons. The van der Waals surface area contributed by atoms with Gasteiger partial charge in [0.1, 0.15) is 12.6 Å². The number of carbonyl (C=O) groups is 2. The zero-order chi connectivity index (χ0) is 29.4. The number of benzene rings is 3. The molecule has 0 unspecified atom stereocenters. The van der Waals surface area contributed by atoms with Crippen LogP contribution in [0.15, 0.2) is 77.3 Å². The molecule has 2 amide bonds. The van der Waals surface area contributed by atoms with Crippen LogP contribution >= 0.6 is 15.9 Å². The number of amides is 2. The molecule has 0 saturated carbocycles. The predicted molar refractivity (Wildman–Crippen MR) is 155 cm³/mol. The van der Waals surface area contributed by atoms with Crippen molar-refractivity contribution in [3.05, 3.63) is 100 Å². The second kappa shape index (κ2) is 13.8. The van der Waals surface area contributed by atoms with Crippen molar-refractivity contribution in [3.8, 4) is 0 Å². The Balaban J connectivity index is 2.06. The molecule has 0 aliphatic heterocycles. The molecule has 0 aromatic heterocycles. The number of anilines is 1. The number of hydrogen-bond donors (Lipinski definition) is 1. The van der Waals surface area contributed by atoms with E-state index in [9.17, 15) is 26.8 Å². The Hall–Kier alpha value is -3.31. The van der Waals surface area contributed by atoms with Crippen LogP contribution in [0.5, 0.6) is 0 Å². The van der Waals surface area contributed by atoms with Gasteiger partial charge < -0.3 is 10.2 Å². The molecule has 3 rings (SSSR count). The van der Waals surface area contributed by atoms with Crippen LogP contribution in [0.3, 0.4) is 0 Å². The number of halogens is 3. The fraction of sp³-hybridized carbons (Fsp3) is 0.310. The van der Waals surface area contributed by atoms with Crippen molar-refractivity contribution < 1.29 is 26.8 Å². The SMILES string of the molecule is CC(C)CNC(=O)[C@@H](Cc1ccccc1)N(Cc1cccc(Br)c1)C(=O)CN(c1ccc(F)c(F)c1)S(C)(=O)=O. The van der Waals surface area contributed by atoms with Crippen molar-refractivity contribution in [2.24, 2.45) is 5.92 Å². The van der Waals surface area contributed by atoms with Crippen LogP contribution in [-0.2, 0) is 32.6 Å². The van der Waals surface area contributed by atoms with Crippen LogP contribution in [0, 0.1) is 17.6 Å². The molecule has 0 aliphatic rings. The highest BCUT2D eigenvalue weighted by molar-refractivity contribution is 9.10. The summed E-state index contributed by atoms with van der Waals surface area (Å²) in [5, 5.41) is 2.90. The normalized spacial score (nSPS) is 12.2. The van der Waals surface area contributed by atoms with Gasteiger partial charge in [-0.2, -0.15) is 0 Å². The van der Waals surface area contributed by atoms with E-state index in [1.807, 2.05) is 50.2 Å². The molecule has 0 bridgehead atoms. The van der Waals surface area contributed by atoms with Crippen molar-refractivity contribution in [1.29, 1.82) is 0 Å². The minimum atomic E-state index is -4.09. The smallest absolute Gasteiger partial charge is 0.244 e. The quantitative estimate of drug-likeness (QED) is 0.307. The summed E-state index contributed by atoms with van der Waals surface area (Å²) in [4.78, 5) is 28.8. The highest BCUT2D eigenvalue weighted by Crippen LogP contribution is 2.23. The first-order valence-electron chi connectivity index (χ1n) is 12.6. The molecule has 40 heavy (non-hydrogen) atoms. The number of hydrogen-bond acceptors (Lipinski definition) is 4. The second-order valence-corrected chi connectivity index (χ2v) is 12.7. The van der Waals surface area contributed by atoms with E-state index in [1.165, 1.54) is 4.90 Å². The molecule has 3 aromatic carbocycles. The lowest BCUT2D eigenvalue weighted by atomic mass is 10.0. The maximum Gasteiger partial charge on any atom is 0.244 e. The van der Waals surface area contributed by atoms with Gasteiger partial charge in [-0.15, -0.1) is 0 Å². The number of nitrogens with one attached hydrogen (secondary N) is 1. The van der Waals surface area contributed by atoms with Crippen molar-refractivity contribution >= 4 is 43.5 Å². The summed E-state index contributed by atoms with van der Waals surface area (Å²) in [6.07, 6.45) is 1.05. The molecule has 1 atom stereocenters. The lowest BCUT2D eigenvalue weighted by molar-refractivity contribution is -0.140. The van der Waals surface area contributed by atoms with Crippen molar-refractivity contribution in [1.82, 2.24) is 10.2 Å². The zero-order valence-electron chi connectivity index (χ0n) is 22.5. The Morgan fingerprint density at radius 3 is 2.20 bits per heavy atom. The molecule has 0 heterocycles. The van der Waals surface area contributed by atoms with Crippen molar-refractivity contribution in [2.45, 2.75) is 32.9 Å². The van der Waals surface area contributed by atoms with E-state index in [1.54, 1.807) is 18.2 Å². The molecule has 11 heteroatoms. The number of rotatable bonds is 12. The van der Waals surface area contributed by atoms with Gasteiger partial charge in [0, 0.05) is 30.0 Å². The summed E-state index contributed by atoms with van der Waals surface area (Å²) in [6.45, 7) is 3.56. The predicted octanol–water partition coefficient (Wildman–Crippen LogP) is 4.91. The largest absolute Gasteiger partial charge is 0.354 e. The second-order valence-electron chi connectivity index (χ2n) is 9.86. The van der Waals surface area contributed by atoms with Crippen LogP contribution in [0.4, 0.5) is 14.5 Å². The van der Waals surface area contributed by atoms with E-state index in [2.05, 4.69) is 21.2 Å². The van der Waals surface area contributed by atoms with E-state index in [4.69, 9.17) is 0 Å². The van der Waals surface area contributed by atoms with Crippen LogP contribution < -0.4 is 9.62 Å². The summed E-state index contributed by atoms with van der Waals surface area (Å²) in [7, 11) is -4.09. The molecule has 0 spiro atoms. The fourth-order valence-corrected chi connectivity index (χ4v) is 5.35. The number of sulfonamides is 1. The molecule has 1 N–H and O–H groups in total. The summed E-state index contributed by atoms with van der Waals surface area (Å²) < 4.78 is 54.5. The van der Waals surface area contributed by atoms with Crippen LogP contribution in [-0.4, -0.2) is 50.5 Å². The third-order valence-electron chi connectivity index (χ3n) is 6.07. The third kappa shape index (κ3) is 8.85. The third-order valence-corrected chi connectivity index (χ3v) is 7.70. The average molecular weight is 637 g/mol. The molecule has 7 nitrogen and oxygen atoms in total. The Bertz CT molecular complexity index is 1440. The van der Waals surface area contributed by atoms with E-state index in [0.717, 1.165) is 34.5 Å². The summed E-state index contributed by atoms with van der Waals surface area (Å²) in [6, 6.07) is 18.0.